The van der Waals surface area contributed by atoms with E-state index in [1.807, 2.05) is 42.1 Å². The van der Waals surface area contributed by atoms with Gasteiger partial charge < -0.3 is 9.88 Å². The highest BCUT2D eigenvalue weighted by Crippen LogP contribution is 2.26. The smallest absolute Gasteiger partial charge is 0.258 e. The van der Waals surface area contributed by atoms with Gasteiger partial charge in [0.15, 0.2) is 5.16 Å². The van der Waals surface area contributed by atoms with Gasteiger partial charge in [-0.05, 0) is 24.3 Å². The molecule has 0 aliphatic heterocycles. The molecule has 0 aliphatic rings. The van der Waals surface area contributed by atoms with Crippen molar-refractivity contribution in [2.75, 3.05) is 5.32 Å². The van der Waals surface area contributed by atoms with E-state index in [-0.39, 0.29) is 5.91 Å². The summed E-state index contributed by atoms with van der Waals surface area (Å²) in [6.07, 6.45) is 6.90. The molecular formula is C15H15N5OS. The minimum atomic E-state index is -0.169. The molecule has 0 unspecified atom stereocenters. The maximum absolute atomic E-state index is 12.0. The molecule has 0 atom stereocenters. The summed E-state index contributed by atoms with van der Waals surface area (Å²) in [4.78, 5) is 17.4. The highest BCUT2D eigenvalue weighted by atomic mass is 32.2. The highest BCUT2D eigenvalue weighted by Gasteiger charge is 2.08. The average Bonchev–Trinajstić information content (AvgIpc) is 3.10. The Kier molecular flexibility index (Phi) is 3.97. The average molecular weight is 313 g/mol. The first-order valence-corrected chi connectivity index (χ1v) is 7.49. The number of amides is 1. The summed E-state index contributed by atoms with van der Waals surface area (Å²) in [5.41, 5.74) is 1.28. The fourth-order valence-corrected chi connectivity index (χ4v) is 2.71. The van der Waals surface area contributed by atoms with E-state index in [0.29, 0.717) is 5.56 Å². The zero-order chi connectivity index (χ0) is 15.5. The Morgan fingerprint density at radius 3 is 2.59 bits per heavy atom. The Morgan fingerprint density at radius 2 is 2.00 bits per heavy atom. The van der Waals surface area contributed by atoms with Crippen LogP contribution >= 0.6 is 11.8 Å². The van der Waals surface area contributed by atoms with E-state index in [0.717, 1.165) is 15.7 Å². The lowest BCUT2D eigenvalue weighted by Crippen LogP contribution is -2.10. The normalized spacial score (nSPS) is 10.6. The minimum Gasteiger partial charge on any atom is -0.329 e. The quantitative estimate of drug-likeness (QED) is 0.804. The van der Waals surface area contributed by atoms with Gasteiger partial charge >= 0.3 is 0 Å². The van der Waals surface area contributed by atoms with Crippen molar-refractivity contribution in [1.82, 2.24) is 19.3 Å². The Labute approximate surface area is 132 Å². The van der Waals surface area contributed by atoms with E-state index in [9.17, 15) is 4.79 Å². The number of benzene rings is 1. The van der Waals surface area contributed by atoms with E-state index in [2.05, 4.69) is 15.4 Å². The van der Waals surface area contributed by atoms with E-state index < -0.39 is 0 Å². The van der Waals surface area contributed by atoms with Crippen LogP contribution < -0.4 is 5.32 Å². The number of aryl methyl sites for hydroxylation is 2. The van der Waals surface area contributed by atoms with Crippen molar-refractivity contribution in [1.29, 1.82) is 0 Å². The Hall–Kier alpha value is -2.54. The fourth-order valence-electron chi connectivity index (χ4n) is 1.90. The van der Waals surface area contributed by atoms with Crippen molar-refractivity contribution in [3.8, 4) is 0 Å². The van der Waals surface area contributed by atoms with E-state index in [4.69, 9.17) is 0 Å². The second-order valence-electron chi connectivity index (χ2n) is 4.80. The number of carbonyl (C=O) groups is 1. The maximum atomic E-state index is 12.0. The van der Waals surface area contributed by atoms with Gasteiger partial charge in [-0.3, -0.25) is 9.48 Å². The van der Waals surface area contributed by atoms with Gasteiger partial charge in [-0.2, -0.15) is 5.10 Å². The second kappa shape index (κ2) is 6.07. The predicted octanol–water partition coefficient (Wildman–Crippen LogP) is 2.56. The molecule has 0 fully saturated rings. The van der Waals surface area contributed by atoms with Crippen LogP contribution in [0.5, 0.6) is 0 Å². The van der Waals surface area contributed by atoms with Crippen molar-refractivity contribution < 1.29 is 4.79 Å². The summed E-state index contributed by atoms with van der Waals surface area (Å²) in [6, 6.07) is 7.66. The lowest BCUT2D eigenvalue weighted by Gasteiger charge is -2.05. The van der Waals surface area contributed by atoms with Gasteiger partial charge in [0, 0.05) is 43.3 Å². The molecule has 0 aliphatic carbocycles. The molecule has 1 N–H and O–H groups in total. The van der Waals surface area contributed by atoms with Crippen molar-refractivity contribution in [2.45, 2.75) is 10.1 Å². The van der Waals surface area contributed by atoms with Gasteiger partial charge in [0.25, 0.3) is 5.91 Å². The van der Waals surface area contributed by atoms with Crippen molar-refractivity contribution in [2.24, 2.45) is 14.1 Å². The summed E-state index contributed by atoms with van der Waals surface area (Å²) in [5.74, 6) is -0.169. The van der Waals surface area contributed by atoms with E-state index in [1.54, 1.807) is 42.1 Å². The van der Waals surface area contributed by atoms with Gasteiger partial charge in [-0.25, -0.2) is 4.98 Å². The van der Waals surface area contributed by atoms with Gasteiger partial charge in [0.1, 0.15) is 0 Å². The van der Waals surface area contributed by atoms with Crippen LogP contribution in [-0.4, -0.2) is 25.2 Å². The van der Waals surface area contributed by atoms with Crippen LogP contribution in [-0.2, 0) is 14.1 Å². The molecule has 2 aromatic heterocycles. The number of carbonyl (C=O) groups excluding carboxylic acids is 1. The maximum Gasteiger partial charge on any atom is 0.258 e. The highest BCUT2D eigenvalue weighted by molar-refractivity contribution is 7.99. The zero-order valence-electron chi connectivity index (χ0n) is 12.2. The summed E-state index contributed by atoms with van der Waals surface area (Å²) in [6.45, 7) is 0. The second-order valence-corrected chi connectivity index (χ2v) is 5.84. The summed E-state index contributed by atoms with van der Waals surface area (Å²) in [7, 11) is 3.73. The monoisotopic (exact) mass is 313 g/mol. The molecule has 6 nitrogen and oxygen atoms in total. The van der Waals surface area contributed by atoms with Crippen LogP contribution in [0.15, 0.2) is 59.1 Å². The number of nitrogens with zero attached hydrogens (tertiary/aromatic N) is 4. The van der Waals surface area contributed by atoms with Crippen molar-refractivity contribution in [3.63, 3.8) is 0 Å². The predicted molar refractivity (Wildman–Crippen MR) is 84.9 cm³/mol. The number of rotatable bonds is 4. The molecule has 0 saturated carbocycles. The Morgan fingerprint density at radius 1 is 1.23 bits per heavy atom. The summed E-state index contributed by atoms with van der Waals surface area (Å²) >= 11 is 1.57. The molecular weight excluding hydrogens is 298 g/mol. The van der Waals surface area contributed by atoms with Gasteiger partial charge in [-0.15, -0.1) is 0 Å². The number of aromatic nitrogens is 4. The third kappa shape index (κ3) is 3.20. The molecule has 2 heterocycles. The largest absolute Gasteiger partial charge is 0.329 e. The van der Waals surface area contributed by atoms with Crippen LogP contribution in [0.1, 0.15) is 10.4 Å². The first kappa shape index (κ1) is 14.4. The molecule has 3 aromatic rings. The van der Waals surface area contributed by atoms with E-state index in [1.165, 1.54) is 0 Å². The first-order chi connectivity index (χ1) is 10.6. The third-order valence-electron chi connectivity index (χ3n) is 3.07. The lowest BCUT2D eigenvalue weighted by molar-refractivity contribution is 0.102. The van der Waals surface area contributed by atoms with Gasteiger partial charge in [0.2, 0.25) is 0 Å². The van der Waals surface area contributed by atoms with Crippen LogP contribution in [0.2, 0.25) is 0 Å². The van der Waals surface area contributed by atoms with Crippen LogP contribution in [0, 0.1) is 0 Å². The summed E-state index contributed by atoms with van der Waals surface area (Å²) < 4.78 is 3.56. The minimum absolute atomic E-state index is 0.169. The topological polar surface area (TPSA) is 64.7 Å². The SMILES string of the molecule is Cn1cc(C(=O)Nc2ccc(Sc3nccn3C)cc2)cn1. The molecule has 7 heteroatoms. The molecule has 0 radical (unpaired) electrons. The summed E-state index contributed by atoms with van der Waals surface area (Å²) in [5, 5.41) is 7.76. The van der Waals surface area contributed by atoms with E-state index >= 15 is 0 Å². The molecule has 1 amide bonds. The number of anilines is 1. The molecule has 22 heavy (non-hydrogen) atoms. The van der Waals surface area contributed by atoms with Crippen molar-refractivity contribution in [3.05, 3.63) is 54.6 Å². The molecule has 0 bridgehead atoms. The standard InChI is InChI=1S/C15H15N5OS/c1-19-8-7-16-15(19)22-13-5-3-12(4-6-13)18-14(21)11-9-17-20(2)10-11/h3-10H,1-2H3,(H,18,21). The van der Waals surface area contributed by atoms with Gasteiger partial charge in [-0.1, -0.05) is 11.8 Å². The van der Waals surface area contributed by atoms with Gasteiger partial charge in [0.05, 0.1) is 11.8 Å². The molecule has 1 aromatic carbocycles. The molecule has 0 spiro atoms. The number of nitrogens with one attached hydrogen (secondary N) is 1. The number of hydrogen-bond acceptors (Lipinski definition) is 4. The Balaban J connectivity index is 1.66. The van der Waals surface area contributed by atoms with Crippen molar-refractivity contribution >= 4 is 23.4 Å². The first-order valence-electron chi connectivity index (χ1n) is 6.67. The van der Waals surface area contributed by atoms with Crippen LogP contribution in [0.25, 0.3) is 0 Å². The third-order valence-corrected chi connectivity index (χ3v) is 4.15. The Bertz CT molecular complexity index is 790. The number of imidazole rings is 1. The lowest BCUT2D eigenvalue weighted by atomic mass is 10.3. The fraction of sp³-hybridized carbons (Fsp3) is 0.133. The molecule has 3 rings (SSSR count). The zero-order valence-corrected chi connectivity index (χ0v) is 13.0. The molecule has 0 saturated heterocycles. The van der Waals surface area contributed by atoms with Crippen LogP contribution in [0.3, 0.4) is 0 Å². The molecule has 112 valence electrons. The number of hydrogen-bond donors (Lipinski definition) is 1. The van der Waals surface area contributed by atoms with Crippen LogP contribution in [0.4, 0.5) is 5.69 Å².